The molecule has 0 saturated heterocycles. The van der Waals surface area contributed by atoms with E-state index in [9.17, 15) is 4.79 Å². The van der Waals surface area contributed by atoms with Crippen molar-refractivity contribution in [2.75, 3.05) is 13.2 Å². The van der Waals surface area contributed by atoms with Crippen molar-refractivity contribution in [2.45, 2.75) is 25.2 Å². The van der Waals surface area contributed by atoms with E-state index in [2.05, 4.69) is 10.3 Å². The number of hydrogen-bond acceptors (Lipinski definition) is 2. The smallest absolute Gasteiger partial charge is 0.407 e. The minimum Gasteiger partial charge on any atom is -0.450 e. The van der Waals surface area contributed by atoms with Gasteiger partial charge in [-0.25, -0.2) is 4.79 Å². The van der Waals surface area contributed by atoms with Gasteiger partial charge in [-0.15, -0.1) is 0 Å². The van der Waals surface area contributed by atoms with Gasteiger partial charge in [0.2, 0.25) is 0 Å². The van der Waals surface area contributed by atoms with Crippen LogP contribution in [-0.2, 0) is 10.2 Å². The molecule has 0 aliphatic heterocycles. The normalized spacial score (nSPS) is 16.1. The van der Waals surface area contributed by atoms with Crippen molar-refractivity contribution in [1.29, 1.82) is 0 Å². The molecule has 1 saturated carbocycles. The molecule has 5 heteroatoms. The molecule has 1 aliphatic rings. The standard InChI is InChI=1S/C15H17ClN2O2/c1-2-20-14(19)18-9-15(5-6-15)12-8-17-13-7-10(16)3-4-11(12)13/h3-4,7-8,17H,2,5-6,9H2,1H3,(H,18,19). The number of amides is 1. The first-order valence-corrected chi connectivity index (χ1v) is 7.20. The van der Waals surface area contributed by atoms with E-state index in [1.165, 1.54) is 10.9 Å². The fourth-order valence-electron chi connectivity index (χ4n) is 2.65. The second-order valence-corrected chi connectivity index (χ2v) is 5.68. The van der Waals surface area contributed by atoms with Crippen molar-refractivity contribution in [1.82, 2.24) is 10.3 Å². The molecular formula is C15H17ClN2O2. The van der Waals surface area contributed by atoms with Gasteiger partial charge in [0.1, 0.15) is 0 Å². The van der Waals surface area contributed by atoms with Gasteiger partial charge in [0.15, 0.2) is 0 Å². The summed E-state index contributed by atoms with van der Waals surface area (Å²) < 4.78 is 4.91. The van der Waals surface area contributed by atoms with Crippen molar-refractivity contribution in [3.63, 3.8) is 0 Å². The summed E-state index contributed by atoms with van der Waals surface area (Å²) in [6, 6.07) is 5.86. The Morgan fingerprint density at radius 1 is 1.50 bits per heavy atom. The summed E-state index contributed by atoms with van der Waals surface area (Å²) in [5, 5.41) is 4.75. The summed E-state index contributed by atoms with van der Waals surface area (Å²) in [5.74, 6) is 0. The number of halogens is 1. The quantitative estimate of drug-likeness (QED) is 0.904. The van der Waals surface area contributed by atoms with E-state index in [1.54, 1.807) is 6.92 Å². The van der Waals surface area contributed by atoms with Crippen LogP contribution >= 0.6 is 11.6 Å². The van der Waals surface area contributed by atoms with E-state index in [1.807, 2.05) is 24.4 Å². The number of aromatic nitrogens is 1. The lowest BCUT2D eigenvalue weighted by Gasteiger charge is -2.15. The minimum absolute atomic E-state index is 0.0405. The number of fused-ring (bicyclic) bond motifs is 1. The first kappa shape index (κ1) is 13.3. The number of nitrogens with one attached hydrogen (secondary N) is 2. The van der Waals surface area contributed by atoms with Gasteiger partial charge in [-0.05, 0) is 37.5 Å². The molecule has 0 atom stereocenters. The Hall–Kier alpha value is -1.68. The first-order valence-electron chi connectivity index (χ1n) is 6.82. The number of hydrogen-bond donors (Lipinski definition) is 2. The van der Waals surface area contributed by atoms with Crippen LogP contribution in [0.5, 0.6) is 0 Å². The van der Waals surface area contributed by atoms with Gasteiger partial charge < -0.3 is 15.0 Å². The van der Waals surface area contributed by atoms with Crippen molar-refractivity contribution in [2.24, 2.45) is 0 Å². The topological polar surface area (TPSA) is 54.1 Å². The van der Waals surface area contributed by atoms with Crippen LogP contribution in [0.15, 0.2) is 24.4 Å². The lowest BCUT2D eigenvalue weighted by molar-refractivity contribution is 0.151. The molecule has 1 aromatic carbocycles. The molecule has 1 heterocycles. The van der Waals surface area contributed by atoms with Gasteiger partial charge in [-0.3, -0.25) is 0 Å². The lowest BCUT2D eigenvalue weighted by atomic mass is 9.95. The third kappa shape index (κ3) is 2.36. The monoisotopic (exact) mass is 292 g/mol. The zero-order chi connectivity index (χ0) is 14.2. The molecule has 1 amide bonds. The van der Waals surface area contributed by atoms with Gasteiger partial charge in [0.05, 0.1) is 6.61 Å². The fourth-order valence-corrected chi connectivity index (χ4v) is 2.83. The second kappa shape index (κ2) is 5.02. The maximum Gasteiger partial charge on any atom is 0.407 e. The number of ether oxygens (including phenoxy) is 1. The molecule has 0 bridgehead atoms. The fraction of sp³-hybridized carbons (Fsp3) is 0.400. The van der Waals surface area contributed by atoms with Crippen LogP contribution in [0.1, 0.15) is 25.3 Å². The molecule has 106 valence electrons. The zero-order valence-corrected chi connectivity index (χ0v) is 12.1. The zero-order valence-electron chi connectivity index (χ0n) is 11.3. The van der Waals surface area contributed by atoms with E-state index >= 15 is 0 Å². The van der Waals surface area contributed by atoms with Crippen molar-refractivity contribution in [3.05, 3.63) is 35.0 Å². The number of carbonyl (C=O) groups excluding carboxylic acids is 1. The van der Waals surface area contributed by atoms with Crippen molar-refractivity contribution in [3.8, 4) is 0 Å². The van der Waals surface area contributed by atoms with Gasteiger partial charge in [-0.2, -0.15) is 0 Å². The summed E-state index contributed by atoms with van der Waals surface area (Å²) in [6.45, 7) is 2.81. The Labute approximate surface area is 122 Å². The number of benzene rings is 1. The highest BCUT2D eigenvalue weighted by Crippen LogP contribution is 2.50. The van der Waals surface area contributed by atoms with Crippen LogP contribution in [0.4, 0.5) is 4.79 Å². The van der Waals surface area contributed by atoms with Gasteiger partial charge in [0.25, 0.3) is 0 Å². The third-order valence-electron chi connectivity index (χ3n) is 3.92. The second-order valence-electron chi connectivity index (χ2n) is 5.25. The predicted molar refractivity (Wildman–Crippen MR) is 79.2 cm³/mol. The predicted octanol–water partition coefficient (Wildman–Crippen LogP) is 3.60. The van der Waals surface area contributed by atoms with E-state index in [-0.39, 0.29) is 11.5 Å². The molecule has 2 aromatic rings. The average molecular weight is 293 g/mol. The molecule has 3 rings (SSSR count). The molecule has 4 nitrogen and oxygen atoms in total. The Bertz CT molecular complexity index is 646. The van der Waals surface area contributed by atoms with E-state index in [0.29, 0.717) is 13.2 Å². The number of aromatic amines is 1. The average Bonchev–Trinajstić information content (AvgIpc) is 3.10. The number of alkyl carbamates (subject to hydrolysis) is 1. The molecule has 0 radical (unpaired) electrons. The summed E-state index contributed by atoms with van der Waals surface area (Å²) in [7, 11) is 0. The van der Waals surface area contributed by atoms with Crippen LogP contribution in [0.2, 0.25) is 5.02 Å². The Balaban J connectivity index is 1.81. The third-order valence-corrected chi connectivity index (χ3v) is 4.15. The van der Waals surface area contributed by atoms with Crippen LogP contribution in [0.25, 0.3) is 10.9 Å². The maximum atomic E-state index is 11.4. The largest absolute Gasteiger partial charge is 0.450 e. The van der Waals surface area contributed by atoms with Crippen molar-refractivity contribution >= 4 is 28.6 Å². The number of H-pyrrole nitrogens is 1. The molecule has 1 fully saturated rings. The number of carbonyl (C=O) groups is 1. The highest BCUT2D eigenvalue weighted by molar-refractivity contribution is 6.31. The molecule has 20 heavy (non-hydrogen) atoms. The lowest BCUT2D eigenvalue weighted by Crippen LogP contribution is -2.32. The van der Waals surface area contributed by atoms with Crippen LogP contribution in [0, 0.1) is 0 Å². The number of rotatable bonds is 4. The molecule has 0 spiro atoms. The SMILES string of the molecule is CCOC(=O)NCC1(c2c[nH]c3cc(Cl)ccc23)CC1. The van der Waals surface area contributed by atoms with E-state index in [4.69, 9.17) is 16.3 Å². The van der Waals surface area contributed by atoms with Gasteiger partial charge in [0, 0.05) is 34.1 Å². The van der Waals surface area contributed by atoms with Crippen LogP contribution < -0.4 is 5.32 Å². The van der Waals surface area contributed by atoms with Crippen LogP contribution in [-0.4, -0.2) is 24.2 Å². The van der Waals surface area contributed by atoms with E-state index in [0.717, 1.165) is 23.4 Å². The molecule has 0 unspecified atom stereocenters. The summed E-state index contributed by atoms with van der Waals surface area (Å²) >= 11 is 6.00. The Morgan fingerprint density at radius 2 is 2.30 bits per heavy atom. The van der Waals surface area contributed by atoms with Crippen LogP contribution in [0.3, 0.4) is 0 Å². The minimum atomic E-state index is -0.346. The Kier molecular flexibility index (Phi) is 3.34. The maximum absolute atomic E-state index is 11.4. The molecule has 1 aliphatic carbocycles. The summed E-state index contributed by atoms with van der Waals surface area (Å²) in [4.78, 5) is 14.7. The highest BCUT2D eigenvalue weighted by Gasteiger charge is 2.45. The van der Waals surface area contributed by atoms with Gasteiger partial charge in [-0.1, -0.05) is 17.7 Å². The Morgan fingerprint density at radius 3 is 3.00 bits per heavy atom. The molecule has 2 N–H and O–H groups in total. The highest BCUT2D eigenvalue weighted by atomic mass is 35.5. The first-order chi connectivity index (χ1) is 9.64. The van der Waals surface area contributed by atoms with Gasteiger partial charge >= 0.3 is 6.09 Å². The molecular weight excluding hydrogens is 276 g/mol. The summed E-state index contributed by atoms with van der Waals surface area (Å²) in [5.41, 5.74) is 2.33. The molecule has 1 aromatic heterocycles. The summed E-state index contributed by atoms with van der Waals surface area (Å²) in [6.07, 6.45) is 3.84. The van der Waals surface area contributed by atoms with E-state index < -0.39 is 0 Å². The van der Waals surface area contributed by atoms with Crippen molar-refractivity contribution < 1.29 is 9.53 Å².